The van der Waals surface area contributed by atoms with E-state index >= 15 is 0 Å². The van der Waals surface area contributed by atoms with Crippen molar-refractivity contribution in [2.24, 2.45) is 11.7 Å². The zero-order valence-corrected chi connectivity index (χ0v) is 14.2. The van der Waals surface area contributed by atoms with E-state index in [-0.39, 0.29) is 42.7 Å². The molecular weight excluding hydrogens is 313 g/mol. The van der Waals surface area contributed by atoms with Gasteiger partial charge < -0.3 is 15.6 Å². The highest BCUT2D eigenvalue weighted by atomic mass is 35.5. The number of carbonyl (C=O) groups is 1. The van der Waals surface area contributed by atoms with E-state index in [0.29, 0.717) is 6.54 Å². The highest BCUT2D eigenvalue weighted by Gasteiger charge is 2.21. The van der Waals surface area contributed by atoms with Gasteiger partial charge in [-0.25, -0.2) is 0 Å². The van der Waals surface area contributed by atoms with Crippen molar-refractivity contribution in [2.75, 3.05) is 6.54 Å². The number of hydrogen-bond donors (Lipinski definition) is 2. The number of rotatable bonds is 4. The Balaban J connectivity index is 0.00000200. The Morgan fingerprint density at radius 1 is 1.29 bits per heavy atom. The van der Waals surface area contributed by atoms with Gasteiger partial charge in [0, 0.05) is 25.4 Å². The molecule has 1 aromatic heterocycles. The van der Waals surface area contributed by atoms with Gasteiger partial charge in [0.1, 0.15) is 5.82 Å². The Bertz CT molecular complexity index is 452. The number of aromatic nitrogens is 3. The van der Waals surface area contributed by atoms with E-state index in [1.54, 1.807) is 0 Å². The Morgan fingerprint density at radius 3 is 2.67 bits per heavy atom. The molecule has 0 bridgehead atoms. The van der Waals surface area contributed by atoms with Crippen molar-refractivity contribution in [3.05, 3.63) is 11.6 Å². The van der Waals surface area contributed by atoms with Gasteiger partial charge in [-0.2, -0.15) is 0 Å². The van der Waals surface area contributed by atoms with Gasteiger partial charge >= 0.3 is 0 Å². The molecule has 2 atom stereocenters. The van der Waals surface area contributed by atoms with Crippen molar-refractivity contribution in [1.82, 2.24) is 20.1 Å². The normalized spacial score (nSPS) is 16.5. The highest BCUT2D eigenvalue weighted by molar-refractivity contribution is 5.85. The number of amides is 1. The molecule has 3 N–H and O–H groups in total. The average Bonchev–Trinajstić information content (AvgIpc) is 2.67. The number of halogens is 2. The molecule has 122 valence electrons. The second-order valence-electron chi connectivity index (χ2n) is 5.30. The molecule has 2 rings (SSSR count). The maximum absolute atomic E-state index is 11.9. The number of fused-ring (bicyclic) bond motifs is 1. The number of nitrogens with one attached hydrogen (secondary N) is 1. The number of carbonyl (C=O) groups excluding carboxylic acids is 1. The summed E-state index contributed by atoms with van der Waals surface area (Å²) in [5.74, 6) is 1.70. The fourth-order valence-electron chi connectivity index (χ4n) is 2.36. The standard InChI is InChI=1S/C13H23N5O.2ClH/c1-9(8-14)13(19)15-10(2)12-17-16-11-6-4-3-5-7-18(11)12;;/h9-10H,3-8,14H2,1-2H3,(H,15,19);2*1H/t9?,10-;;/m1../s1. The van der Waals surface area contributed by atoms with E-state index < -0.39 is 0 Å². The van der Waals surface area contributed by atoms with E-state index in [1.807, 2.05) is 13.8 Å². The third-order valence-corrected chi connectivity index (χ3v) is 3.69. The van der Waals surface area contributed by atoms with Crippen LogP contribution in [0.3, 0.4) is 0 Å². The molecule has 1 aliphatic heterocycles. The van der Waals surface area contributed by atoms with E-state index in [9.17, 15) is 4.79 Å². The quantitative estimate of drug-likeness (QED) is 0.874. The second kappa shape index (κ2) is 9.23. The van der Waals surface area contributed by atoms with Crippen molar-refractivity contribution in [1.29, 1.82) is 0 Å². The molecule has 1 aromatic rings. The minimum absolute atomic E-state index is 0. The molecule has 0 radical (unpaired) electrons. The Hall–Kier alpha value is -0.850. The fourth-order valence-corrected chi connectivity index (χ4v) is 2.36. The monoisotopic (exact) mass is 337 g/mol. The predicted octanol–water partition coefficient (Wildman–Crippen LogP) is 1.62. The summed E-state index contributed by atoms with van der Waals surface area (Å²) in [5.41, 5.74) is 5.50. The van der Waals surface area contributed by atoms with Crippen molar-refractivity contribution in [3.63, 3.8) is 0 Å². The van der Waals surface area contributed by atoms with Crippen LogP contribution < -0.4 is 11.1 Å². The highest BCUT2D eigenvalue weighted by Crippen LogP contribution is 2.18. The van der Waals surface area contributed by atoms with Crippen LogP contribution in [0.15, 0.2) is 0 Å². The first-order chi connectivity index (χ1) is 9.13. The van der Waals surface area contributed by atoms with Gasteiger partial charge in [0.15, 0.2) is 5.82 Å². The van der Waals surface area contributed by atoms with Crippen LogP contribution in [0.25, 0.3) is 0 Å². The number of aryl methyl sites for hydroxylation is 1. The Morgan fingerprint density at radius 2 is 2.00 bits per heavy atom. The molecule has 2 heterocycles. The Labute approximate surface area is 138 Å². The SMILES string of the molecule is CC(CN)C(=O)N[C@H](C)c1nnc2n1CCCCC2.Cl.Cl. The van der Waals surface area contributed by atoms with Crippen LogP contribution >= 0.6 is 24.8 Å². The lowest BCUT2D eigenvalue weighted by atomic mass is 10.1. The number of nitrogens with two attached hydrogens (primary N) is 1. The third-order valence-electron chi connectivity index (χ3n) is 3.69. The first kappa shape index (κ1) is 20.1. The smallest absolute Gasteiger partial charge is 0.224 e. The Kier molecular flexibility index (Phi) is 8.85. The van der Waals surface area contributed by atoms with Crippen LogP contribution in [0, 0.1) is 5.92 Å². The van der Waals surface area contributed by atoms with Crippen LogP contribution in [0.5, 0.6) is 0 Å². The molecule has 0 saturated carbocycles. The number of hydrogen-bond acceptors (Lipinski definition) is 4. The van der Waals surface area contributed by atoms with E-state index in [0.717, 1.165) is 31.0 Å². The van der Waals surface area contributed by atoms with Crippen LogP contribution in [0.2, 0.25) is 0 Å². The molecular formula is C13H25Cl2N5O. The molecule has 21 heavy (non-hydrogen) atoms. The zero-order chi connectivity index (χ0) is 13.8. The molecule has 8 heteroatoms. The molecule has 0 fully saturated rings. The predicted molar refractivity (Wildman–Crippen MR) is 86.8 cm³/mol. The van der Waals surface area contributed by atoms with Gasteiger partial charge in [-0.3, -0.25) is 4.79 Å². The van der Waals surface area contributed by atoms with Gasteiger partial charge in [0.05, 0.1) is 6.04 Å². The topological polar surface area (TPSA) is 85.8 Å². The first-order valence-electron chi connectivity index (χ1n) is 7.06. The summed E-state index contributed by atoms with van der Waals surface area (Å²) in [7, 11) is 0. The lowest BCUT2D eigenvalue weighted by Crippen LogP contribution is -2.36. The molecule has 0 spiro atoms. The summed E-state index contributed by atoms with van der Waals surface area (Å²) in [6, 6.07) is -0.124. The molecule has 0 aromatic carbocycles. The van der Waals surface area contributed by atoms with Gasteiger partial charge in [-0.1, -0.05) is 13.3 Å². The summed E-state index contributed by atoms with van der Waals surface area (Å²) in [6.07, 6.45) is 4.53. The lowest BCUT2D eigenvalue weighted by Gasteiger charge is -2.17. The van der Waals surface area contributed by atoms with Crippen molar-refractivity contribution >= 4 is 30.7 Å². The van der Waals surface area contributed by atoms with E-state index in [4.69, 9.17) is 5.73 Å². The first-order valence-corrected chi connectivity index (χ1v) is 7.06. The van der Waals surface area contributed by atoms with Crippen molar-refractivity contribution in [3.8, 4) is 0 Å². The maximum atomic E-state index is 11.9. The van der Waals surface area contributed by atoms with Gasteiger partial charge in [-0.15, -0.1) is 35.0 Å². The summed E-state index contributed by atoms with van der Waals surface area (Å²) in [4.78, 5) is 11.9. The van der Waals surface area contributed by atoms with Gasteiger partial charge in [-0.05, 0) is 19.8 Å². The minimum Gasteiger partial charge on any atom is -0.346 e. The zero-order valence-electron chi connectivity index (χ0n) is 12.5. The molecule has 1 unspecified atom stereocenters. The minimum atomic E-state index is -0.172. The van der Waals surface area contributed by atoms with Crippen LogP contribution in [0.1, 0.15) is 50.8 Å². The van der Waals surface area contributed by atoms with Crippen LogP contribution in [0.4, 0.5) is 0 Å². The fraction of sp³-hybridized carbons (Fsp3) is 0.769. The molecule has 0 aliphatic carbocycles. The number of nitrogens with zero attached hydrogens (tertiary/aromatic N) is 3. The van der Waals surface area contributed by atoms with Crippen molar-refractivity contribution in [2.45, 2.75) is 52.1 Å². The van der Waals surface area contributed by atoms with Crippen molar-refractivity contribution < 1.29 is 4.79 Å². The van der Waals surface area contributed by atoms with Gasteiger partial charge in [0.2, 0.25) is 5.91 Å². The van der Waals surface area contributed by atoms with Crippen LogP contribution in [-0.2, 0) is 17.8 Å². The van der Waals surface area contributed by atoms with E-state index in [1.165, 1.54) is 12.8 Å². The lowest BCUT2D eigenvalue weighted by molar-refractivity contribution is -0.124. The summed E-state index contributed by atoms with van der Waals surface area (Å²) < 4.78 is 2.16. The average molecular weight is 338 g/mol. The summed E-state index contributed by atoms with van der Waals surface area (Å²) in [5, 5.41) is 11.5. The molecule has 1 amide bonds. The summed E-state index contributed by atoms with van der Waals surface area (Å²) >= 11 is 0. The molecule has 6 nitrogen and oxygen atoms in total. The molecule has 0 saturated heterocycles. The third kappa shape index (κ3) is 4.83. The second-order valence-corrected chi connectivity index (χ2v) is 5.30. The molecule has 1 aliphatic rings. The van der Waals surface area contributed by atoms with E-state index in [2.05, 4.69) is 20.1 Å². The van der Waals surface area contributed by atoms with Crippen LogP contribution in [-0.4, -0.2) is 27.2 Å². The largest absolute Gasteiger partial charge is 0.346 e. The summed E-state index contributed by atoms with van der Waals surface area (Å²) in [6.45, 7) is 5.08. The van der Waals surface area contributed by atoms with Gasteiger partial charge in [0.25, 0.3) is 0 Å². The maximum Gasteiger partial charge on any atom is 0.224 e.